The number of furan rings is 1. The Morgan fingerprint density at radius 3 is 1.89 bits per heavy atom. The molecule has 8 aromatic carbocycles. The standard InChI is InChI=1S/C44H27NO/c1-2-11-28(12-3-1)38-27-40-43(36-17-7-6-15-34(36)38)42-32-14-5-4-13-29(32)23-26-39(42)45(40)31-24-21-30(22-25-31)33-18-10-19-37-35-16-8-9-20-41(35)46-44(33)37/h1-27H. The normalized spacial score (nSPS) is 11.9. The third-order valence-corrected chi connectivity index (χ3v) is 9.59. The topological polar surface area (TPSA) is 18.1 Å². The maximum absolute atomic E-state index is 6.39. The Hall–Kier alpha value is -6.12. The molecule has 0 N–H and O–H groups in total. The van der Waals surface area contributed by atoms with E-state index in [1.807, 2.05) is 12.1 Å². The zero-order chi connectivity index (χ0) is 30.2. The SMILES string of the molecule is c1ccc(-c2cc3c(c4ccccc24)c2c4ccccc4ccc2n3-c2ccc(-c3cccc4c3oc3ccccc34)cc2)cc1. The highest BCUT2D eigenvalue weighted by molar-refractivity contribution is 6.30. The molecule has 0 saturated heterocycles. The average Bonchev–Trinajstić information content (AvgIpc) is 3.68. The first kappa shape index (κ1) is 25.2. The fourth-order valence-electron chi connectivity index (χ4n) is 7.54. The molecule has 0 bridgehead atoms. The molecule has 0 aliphatic heterocycles. The van der Waals surface area contributed by atoms with Crippen LogP contribution in [0.25, 0.3) is 93.2 Å². The molecule has 0 unspecified atom stereocenters. The van der Waals surface area contributed by atoms with E-state index in [4.69, 9.17) is 4.42 Å². The van der Waals surface area contributed by atoms with Crippen molar-refractivity contribution in [2.24, 2.45) is 0 Å². The average molecular weight is 586 g/mol. The first-order valence-corrected chi connectivity index (χ1v) is 15.8. The number of hydrogen-bond acceptors (Lipinski definition) is 1. The van der Waals surface area contributed by atoms with Crippen LogP contribution >= 0.6 is 0 Å². The quantitative estimate of drug-likeness (QED) is 0.202. The Kier molecular flexibility index (Phi) is 5.31. The van der Waals surface area contributed by atoms with E-state index in [1.54, 1.807) is 0 Å². The van der Waals surface area contributed by atoms with Crippen LogP contribution in [0.2, 0.25) is 0 Å². The molecule has 0 atom stereocenters. The predicted molar refractivity (Wildman–Crippen MR) is 194 cm³/mol. The maximum Gasteiger partial charge on any atom is 0.143 e. The van der Waals surface area contributed by atoms with Gasteiger partial charge in [-0.2, -0.15) is 0 Å². The molecule has 0 amide bonds. The van der Waals surface area contributed by atoms with E-state index in [-0.39, 0.29) is 0 Å². The third-order valence-electron chi connectivity index (χ3n) is 9.59. The van der Waals surface area contributed by atoms with Crippen molar-refractivity contribution in [3.05, 3.63) is 164 Å². The van der Waals surface area contributed by atoms with Crippen molar-refractivity contribution in [1.29, 1.82) is 0 Å². The maximum atomic E-state index is 6.39. The summed E-state index contributed by atoms with van der Waals surface area (Å²) < 4.78 is 8.83. The van der Waals surface area contributed by atoms with E-state index in [0.717, 1.165) is 38.8 Å². The van der Waals surface area contributed by atoms with E-state index >= 15 is 0 Å². The fraction of sp³-hybridized carbons (Fsp3) is 0. The molecule has 0 aliphatic carbocycles. The highest BCUT2D eigenvalue weighted by atomic mass is 16.3. The lowest BCUT2D eigenvalue weighted by molar-refractivity contribution is 0.670. The van der Waals surface area contributed by atoms with Crippen molar-refractivity contribution in [2.75, 3.05) is 0 Å². The zero-order valence-corrected chi connectivity index (χ0v) is 24.9. The van der Waals surface area contributed by atoms with Gasteiger partial charge >= 0.3 is 0 Å². The molecule has 10 aromatic rings. The van der Waals surface area contributed by atoms with E-state index in [0.29, 0.717) is 0 Å². The lowest BCUT2D eigenvalue weighted by Crippen LogP contribution is -1.94. The fourth-order valence-corrected chi connectivity index (χ4v) is 7.54. The van der Waals surface area contributed by atoms with Crippen LogP contribution in [0.5, 0.6) is 0 Å². The lowest BCUT2D eigenvalue weighted by atomic mass is 9.94. The van der Waals surface area contributed by atoms with Crippen molar-refractivity contribution in [3.8, 4) is 27.9 Å². The number of rotatable bonds is 3. The van der Waals surface area contributed by atoms with Crippen molar-refractivity contribution in [1.82, 2.24) is 4.57 Å². The Morgan fingerprint density at radius 1 is 0.391 bits per heavy atom. The number of nitrogens with zero attached hydrogens (tertiary/aromatic N) is 1. The molecule has 0 fully saturated rings. The van der Waals surface area contributed by atoms with Gasteiger partial charge in [0.15, 0.2) is 0 Å². The summed E-state index contributed by atoms with van der Waals surface area (Å²) in [6.07, 6.45) is 0. The van der Waals surface area contributed by atoms with Crippen LogP contribution in [0.3, 0.4) is 0 Å². The van der Waals surface area contributed by atoms with Gasteiger partial charge in [0.1, 0.15) is 11.2 Å². The van der Waals surface area contributed by atoms with Gasteiger partial charge in [-0.15, -0.1) is 0 Å². The minimum atomic E-state index is 0.917. The highest BCUT2D eigenvalue weighted by Gasteiger charge is 2.20. The summed E-state index contributed by atoms with van der Waals surface area (Å²) in [5.74, 6) is 0. The van der Waals surface area contributed by atoms with E-state index in [1.165, 1.54) is 54.5 Å². The number of benzene rings is 8. The Bertz CT molecular complexity index is 2780. The van der Waals surface area contributed by atoms with Gasteiger partial charge in [0.05, 0.1) is 11.0 Å². The van der Waals surface area contributed by atoms with Gasteiger partial charge in [0, 0.05) is 32.8 Å². The van der Waals surface area contributed by atoms with Gasteiger partial charge in [0.25, 0.3) is 0 Å². The summed E-state index contributed by atoms with van der Waals surface area (Å²) >= 11 is 0. The second-order valence-electron chi connectivity index (χ2n) is 12.1. The van der Waals surface area contributed by atoms with Gasteiger partial charge in [-0.05, 0) is 68.6 Å². The molecule has 0 spiro atoms. The van der Waals surface area contributed by atoms with Gasteiger partial charge in [-0.3, -0.25) is 0 Å². The van der Waals surface area contributed by atoms with Crippen LogP contribution in [-0.4, -0.2) is 4.57 Å². The number of hydrogen-bond donors (Lipinski definition) is 0. The molecular weight excluding hydrogens is 558 g/mol. The second kappa shape index (κ2) is 9.69. The van der Waals surface area contributed by atoms with Gasteiger partial charge in [-0.25, -0.2) is 0 Å². The second-order valence-corrected chi connectivity index (χ2v) is 12.1. The summed E-state index contributed by atoms with van der Waals surface area (Å²) in [7, 11) is 0. The first-order chi connectivity index (χ1) is 22.8. The summed E-state index contributed by atoms with van der Waals surface area (Å²) in [6.45, 7) is 0. The van der Waals surface area contributed by atoms with Gasteiger partial charge < -0.3 is 8.98 Å². The number of aromatic nitrogens is 1. The molecule has 46 heavy (non-hydrogen) atoms. The molecule has 0 aliphatic rings. The van der Waals surface area contributed by atoms with Crippen LogP contribution in [0.1, 0.15) is 0 Å². The Labute approximate surface area is 265 Å². The summed E-state index contributed by atoms with van der Waals surface area (Å²) in [5.41, 5.74) is 10.1. The Morgan fingerprint density at radius 2 is 1.04 bits per heavy atom. The van der Waals surface area contributed by atoms with Crippen LogP contribution in [0, 0.1) is 0 Å². The summed E-state index contributed by atoms with van der Waals surface area (Å²) in [6, 6.07) is 59.0. The molecule has 0 saturated carbocycles. The van der Waals surface area contributed by atoms with E-state index < -0.39 is 0 Å². The van der Waals surface area contributed by atoms with E-state index in [9.17, 15) is 0 Å². The lowest BCUT2D eigenvalue weighted by Gasteiger charge is -2.13. The monoisotopic (exact) mass is 585 g/mol. The van der Waals surface area contributed by atoms with Crippen molar-refractivity contribution in [3.63, 3.8) is 0 Å². The number of fused-ring (bicyclic) bond motifs is 10. The molecule has 214 valence electrons. The smallest absolute Gasteiger partial charge is 0.143 e. The molecule has 0 radical (unpaired) electrons. The third kappa shape index (κ3) is 3.59. The highest BCUT2D eigenvalue weighted by Crippen LogP contribution is 2.44. The predicted octanol–water partition coefficient (Wildman–Crippen LogP) is 12.3. The van der Waals surface area contributed by atoms with Crippen molar-refractivity contribution >= 4 is 65.3 Å². The molecule has 10 rings (SSSR count). The molecule has 2 aromatic heterocycles. The minimum Gasteiger partial charge on any atom is -0.455 e. The molecule has 2 heterocycles. The molecule has 2 heteroatoms. The van der Waals surface area contributed by atoms with Crippen LogP contribution in [0.15, 0.2) is 168 Å². The minimum absolute atomic E-state index is 0.917. The largest absolute Gasteiger partial charge is 0.455 e. The summed E-state index contributed by atoms with van der Waals surface area (Å²) in [5, 5.41) is 9.93. The molecular formula is C44H27NO. The van der Waals surface area contributed by atoms with Crippen molar-refractivity contribution < 1.29 is 4.42 Å². The van der Waals surface area contributed by atoms with Crippen LogP contribution in [0.4, 0.5) is 0 Å². The first-order valence-electron chi connectivity index (χ1n) is 15.8. The molecule has 2 nitrogen and oxygen atoms in total. The van der Waals surface area contributed by atoms with Gasteiger partial charge in [0.2, 0.25) is 0 Å². The number of para-hydroxylation sites is 2. The van der Waals surface area contributed by atoms with Crippen LogP contribution in [-0.2, 0) is 0 Å². The van der Waals surface area contributed by atoms with Crippen LogP contribution < -0.4 is 0 Å². The zero-order valence-electron chi connectivity index (χ0n) is 24.9. The Balaban J connectivity index is 1.27. The van der Waals surface area contributed by atoms with E-state index in [2.05, 4.69) is 156 Å². The summed E-state index contributed by atoms with van der Waals surface area (Å²) in [4.78, 5) is 0. The van der Waals surface area contributed by atoms with Gasteiger partial charge in [-0.1, -0.05) is 133 Å². The van der Waals surface area contributed by atoms with Crippen molar-refractivity contribution in [2.45, 2.75) is 0 Å².